The van der Waals surface area contributed by atoms with Crippen molar-refractivity contribution in [3.8, 4) is 0 Å². The number of pyridine rings is 1. The smallest absolute Gasteiger partial charge is 0.160 e. The molecule has 0 aliphatic carbocycles. The fraction of sp³-hybridized carbons (Fsp3) is 0.421. The number of benzene rings is 1. The lowest BCUT2D eigenvalue weighted by Crippen LogP contribution is -2.43. The minimum absolute atomic E-state index is 0.460. The summed E-state index contributed by atoms with van der Waals surface area (Å²) in [5, 5.41) is 6.97. The van der Waals surface area contributed by atoms with Gasteiger partial charge in [0.1, 0.15) is 0 Å². The number of nitrogens with zero attached hydrogens (tertiary/aromatic N) is 2. The van der Waals surface area contributed by atoms with E-state index in [4.69, 9.17) is 0 Å². The summed E-state index contributed by atoms with van der Waals surface area (Å²) in [6.07, 6.45) is 5.63. The first-order valence-corrected chi connectivity index (χ1v) is 8.71. The third-order valence-corrected chi connectivity index (χ3v) is 4.66. The molecule has 1 aliphatic heterocycles. The number of halogens is 2. The highest BCUT2D eigenvalue weighted by Crippen LogP contribution is 2.22. The molecule has 1 aliphatic rings. The second-order valence-electron chi connectivity index (χ2n) is 6.43. The van der Waals surface area contributed by atoms with E-state index in [0.717, 1.165) is 56.0 Å². The molecule has 2 N–H and O–H groups in total. The number of hydrogen-bond donors (Lipinski definition) is 2. The molecule has 0 atom stereocenters. The molecule has 0 radical (unpaired) electrons. The lowest BCUT2D eigenvalue weighted by atomic mass is 10.0. The van der Waals surface area contributed by atoms with Crippen LogP contribution in [-0.2, 0) is 0 Å². The zero-order valence-corrected chi connectivity index (χ0v) is 14.4. The van der Waals surface area contributed by atoms with Crippen LogP contribution in [0.15, 0.2) is 36.7 Å². The van der Waals surface area contributed by atoms with Crippen molar-refractivity contribution in [1.29, 1.82) is 0 Å². The summed E-state index contributed by atoms with van der Waals surface area (Å²) in [6, 6.07) is 6.57. The van der Waals surface area contributed by atoms with Crippen molar-refractivity contribution < 1.29 is 8.78 Å². The Bertz CT molecular complexity index is 700. The summed E-state index contributed by atoms with van der Waals surface area (Å²) in [6.45, 7) is 5.47. The Labute approximate surface area is 147 Å². The van der Waals surface area contributed by atoms with Gasteiger partial charge in [0.15, 0.2) is 11.6 Å². The monoisotopic (exact) mass is 346 g/mol. The quantitative estimate of drug-likeness (QED) is 0.787. The highest BCUT2D eigenvalue weighted by atomic mass is 19.2. The predicted octanol–water partition coefficient (Wildman–Crippen LogP) is 3.34. The molecule has 0 saturated carbocycles. The zero-order chi connectivity index (χ0) is 17.6. The fourth-order valence-electron chi connectivity index (χ4n) is 3.17. The molecule has 134 valence electrons. The minimum atomic E-state index is -0.794. The lowest BCUT2D eigenvalue weighted by Gasteiger charge is -2.34. The van der Waals surface area contributed by atoms with Crippen LogP contribution in [0.5, 0.6) is 0 Å². The molecule has 2 heterocycles. The van der Waals surface area contributed by atoms with E-state index in [2.05, 4.69) is 20.5 Å². The van der Waals surface area contributed by atoms with Gasteiger partial charge in [-0.1, -0.05) is 0 Å². The normalized spacial score (nSPS) is 15.4. The molecule has 0 amide bonds. The van der Waals surface area contributed by atoms with Gasteiger partial charge < -0.3 is 15.5 Å². The van der Waals surface area contributed by atoms with Gasteiger partial charge in [-0.25, -0.2) is 8.78 Å². The SMILES string of the molecule is Cc1cnccc1NCCNC1CCN(c2ccc(F)c(F)c2)CC1. The summed E-state index contributed by atoms with van der Waals surface area (Å²) in [5.74, 6) is -1.58. The Kier molecular flexibility index (Phi) is 5.81. The van der Waals surface area contributed by atoms with E-state index in [-0.39, 0.29) is 0 Å². The van der Waals surface area contributed by atoms with Gasteiger partial charge in [0.05, 0.1) is 0 Å². The summed E-state index contributed by atoms with van der Waals surface area (Å²) >= 11 is 0. The molecule has 3 rings (SSSR count). The van der Waals surface area contributed by atoms with Crippen molar-refractivity contribution in [3.05, 3.63) is 53.9 Å². The number of nitrogens with one attached hydrogen (secondary N) is 2. The average Bonchev–Trinajstić information content (AvgIpc) is 2.63. The molecular formula is C19H24F2N4. The molecule has 6 heteroatoms. The van der Waals surface area contributed by atoms with Crippen LogP contribution in [-0.4, -0.2) is 37.2 Å². The van der Waals surface area contributed by atoms with Crippen LogP contribution in [0.3, 0.4) is 0 Å². The van der Waals surface area contributed by atoms with Crippen molar-refractivity contribution in [2.45, 2.75) is 25.8 Å². The minimum Gasteiger partial charge on any atom is -0.383 e. The first-order valence-electron chi connectivity index (χ1n) is 8.71. The van der Waals surface area contributed by atoms with Gasteiger partial charge in [-0.3, -0.25) is 4.98 Å². The Morgan fingerprint density at radius 1 is 1.12 bits per heavy atom. The van der Waals surface area contributed by atoms with Gasteiger partial charge >= 0.3 is 0 Å². The van der Waals surface area contributed by atoms with E-state index < -0.39 is 11.6 Å². The van der Waals surface area contributed by atoms with Gasteiger partial charge in [0, 0.05) is 62.1 Å². The summed E-state index contributed by atoms with van der Waals surface area (Å²) in [5.41, 5.74) is 3.01. The molecule has 25 heavy (non-hydrogen) atoms. The number of aryl methyl sites for hydroxylation is 1. The number of anilines is 2. The standard InChI is InChI=1S/C19H24F2N4/c1-14-13-22-7-4-19(14)24-9-8-23-15-5-10-25(11-6-15)16-2-3-17(20)18(21)12-16/h2-4,7,12-13,15,23H,5-6,8-11H2,1H3,(H,22,24). The first-order chi connectivity index (χ1) is 12.1. The van der Waals surface area contributed by atoms with E-state index in [1.807, 2.05) is 19.2 Å². The summed E-state index contributed by atoms with van der Waals surface area (Å²) in [7, 11) is 0. The third-order valence-electron chi connectivity index (χ3n) is 4.66. The molecule has 1 aromatic heterocycles. The van der Waals surface area contributed by atoms with Gasteiger partial charge in [-0.05, 0) is 43.5 Å². The van der Waals surface area contributed by atoms with Crippen LogP contribution in [0.1, 0.15) is 18.4 Å². The number of rotatable bonds is 6. The Balaban J connectivity index is 1.39. The van der Waals surface area contributed by atoms with E-state index in [1.54, 1.807) is 12.3 Å². The third kappa shape index (κ3) is 4.66. The van der Waals surface area contributed by atoms with Gasteiger partial charge in [-0.15, -0.1) is 0 Å². The maximum Gasteiger partial charge on any atom is 0.160 e. The van der Waals surface area contributed by atoms with E-state index >= 15 is 0 Å². The molecule has 1 aromatic carbocycles. The van der Waals surface area contributed by atoms with Crippen LogP contribution >= 0.6 is 0 Å². The Hall–Kier alpha value is -2.21. The predicted molar refractivity (Wildman–Crippen MR) is 97.1 cm³/mol. The largest absolute Gasteiger partial charge is 0.383 e. The molecular weight excluding hydrogens is 322 g/mol. The zero-order valence-electron chi connectivity index (χ0n) is 14.4. The Morgan fingerprint density at radius 2 is 1.92 bits per heavy atom. The van der Waals surface area contributed by atoms with Crippen molar-refractivity contribution in [2.75, 3.05) is 36.4 Å². The molecule has 1 fully saturated rings. The number of hydrogen-bond acceptors (Lipinski definition) is 4. The van der Waals surface area contributed by atoms with Crippen molar-refractivity contribution in [2.24, 2.45) is 0 Å². The fourth-order valence-corrected chi connectivity index (χ4v) is 3.17. The van der Waals surface area contributed by atoms with E-state index in [1.165, 1.54) is 12.1 Å². The molecule has 0 bridgehead atoms. The van der Waals surface area contributed by atoms with Crippen LogP contribution in [0.25, 0.3) is 0 Å². The molecule has 0 unspecified atom stereocenters. The van der Waals surface area contributed by atoms with E-state index in [0.29, 0.717) is 6.04 Å². The molecule has 2 aromatic rings. The summed E-state index contributed by atoms with van der Waals surface area (Å²) in [4.78, 5) is 6.19. The second-order valence-corrected chi connectivity index (χ2v) is 6.43. The second kappa shape index (κ2) is 8.25. The maximum atomic E-state index is 13.4. The van der Waals surface area contributed by atoms with Crippen LogP contribution < -0.4 is 15.5 Å². The average molecular weight is 346 g/mol. The van der Waals surface area contributed by atoms with Gasteiger partial charge in [0.25, 0.3) is 0 Å². The molecule has 0 spiro atoms. The lowest BCUT2D eigenvalue weighted by molar-refractivity contribution is 0.420. The topological polar surface area (TPSA) is 40.2 Å². The Morgan fingerprint density at radius 3 is 2.64 bits per heavy atom. The number of piperidine rings is 1. The highest BCUT2D eigenvalue weighted by molar-refractivity contribution is 5.48. The maximum absolute atomic E-state index is 13.4. The van der Waals surface area contributed by atoms with Crippen molar-refractivity contribution >= 4 is 11.4 Å². The first kappa shape index (κ1) is 17.6. The molecule has 4 nitrogen and oxygen atoms in total. The highest BCUT2D eigenvalue weighted by Gasteiger charge is 2.19. The van der Waals surface area contributed by atoms with Crippen molar-refractivity contribution in [1.82, 2.24) is 10.3 Å². The van der Waals surface area contributed by atoms with Crippen LogP contribution in [0.4, 0.5) is 20.2 Å². The van der Waals surface area contributed by atoms with Crippen LogP contribution in [0.2, 0.25) is 0 Å². The van der Waals surface area contributed by atoms with Gasteiger partial charge in [-0.2, -0.15) is 0 Å². The summed E-state index contributed by atoms with van der Waals surface area (Å²) < 4.78 is 26.4. The number of aromatic nitrogens is 1. The van der Waals surface area contributed by atoms with Gasteiger partial charge in [0.2, 0.25) is 0 Å². The van der Waals surface area contributed by atoms with Crippen LogP contribution in [0, 0.1) is 18.6 Å². The van der Waals surface area contributed by atoms with E-state index in [9.17, 15) is 8.78 Å². The van der Waals surface area contributed by atoms with Crippen molar-refractivity contribution in [3.63, 3.8) is 0 Å². The molecule has 1 saturated heterocycles.